The number of pyridine rings is 1. The van der Waals surface area contributed by atoms with Crippen molar-refractivity contribution in [2.75, 3.05) is 26.9 Å². The fourth-order valence-electron chi connectivity index (χ4n) is 3.11. The minimum atomic E-state index is -0.141. The van der Waals surface area contributed by atoms with E-state index >= 15 is 0 Å². The van der Waals surface area contributed by atoms with Gasteiger partial charge in [-0.1, -0.05) is 13.0 Å². The molecular weight excluding hydrogens is 344 g/mol. The highest BCUT2D eigenvalue weighted by molar-refractivity contribution is 5.77. The molecule has 1 aliphatic rings. The lowest BCUT2D eigenvalue weighted by molar-refractivity contribution is -0.123. The smallest absolute Gasteiger partial charge is 0.257 e. The maximum atomic E-state index is 12.1. The van der Waals surface area contributed by atoms with Crippen molar-refractivity contribution >= 4 is 5.91 Å². The van der Waals surface area contributed by atoms with E-state index in [1.54, 1.807) is 7.11 Å². The van der Waals surface area contributed by atoms with Crippen LogP contribution in [0.25, 0.3) is 0 Å². The lowest BCUT2D eigenvalue weighted by atomic mass is 9.96. The van der Waals surface area contributed by atoms with Gasteiger partial charge < -0.3 is 19.5 Å². The maximum absolute atomic E-state index is 12.1. The first-order valence-corrected chi connectivity index (χ1v) is 9.24. The van der Waals surface area contributed by atoms with Crippen molar-refractivity contribution in [2.24, 2.45) is 5.92 Å². The first kappa shape index (κ1) is 19.0. The molecule has 0 bridgehead atoms. The third kappa shape index (κ3) is 4.90. The normalized spacial score (nSPS) is 15.4. The van der Waals surface area contributed by atoms with Crippen molar-refractivity contribution in [3.05, 3.63) is 47.3 Å². The van der Waals surface area contributed by atoms with Gasteiger partial charge in [0.05, 0.1) is 19.4 Å². The average Bonchev–Trinajstić information content (AvgIpc) is 2.70. The van der Waals surface area contributed by atoms with Crippen molar-refractivity contribution in [1.29, 1.82) is 0 Å². The summed E-state index contributed by atoms with van der Waals surface area (Å²) in [5, 5.41) is 2.94. The van der Waals surface area contributed by atoms with Gasteiger partial charge in [0.2, 0.25) is 0 Å². The molecular formula is C21H26N2O4. The van der Waals surface area contributed by atoms with Crippen LogP contribution in [0.15, 0.2) is 30.3 Å². The van der Waals surface area contributed by atoms with Crippen molar-refractivity contribution in [1.82, 2.24) is 10.3 Å². The van der Waals surface area contributed by atoms with E-state index in [1.165, 1.54) is 0 Å². The van der Waals surface area contributed by atoms with Gasteiger partial charge in [-0.15, -0.1) is 0 Å². The van der Waals surface area contributed by atoms with Gasteiger partial charge in [0.25, 0.3) is 5.91 Å². The molecule has 0 fully saturated rings. The Kier molecular flexibility index (Phi) is 6.16. The van der Waals surface area contributed by atoms with Crippen LogP contribution in [0.2, 0.25) is 0 Å². The fourth-order valence-corrected chi connectivity index (χ4v) is 3.11. The third-order valence-electron chi connectivity index (χ3n) is 4.61. The number of aromatic nitrogens is 1. The zero-order valence-corrected chi connectivity index (χ0v) is 16.1. The van der Waals surface area contributed by atoms with Gasteiger partial charge in [0, 0.05) is 24.2 Å². The van der Waals surface area contributed by atoms with E-state index < -0.39 is 0 Å². The molecule has 27 heavy (non-hydrogen) atoms. The summed E-state index contributed by atoms with van der Waals surface area (Å²) in [7, 11) is 1.64. The number of benzene rings is 1. The van der Waals surface area contributed by atoms with Crippen LogP contribution >= 0.6 is 0 Å². The summed E-state index contributed by atoms with van der Waals surface area (Å²) < 4.78 is 16.7. The number of fused-ring (bicyclic) bond motifs is 1. The van der Waals surface area contributed by atoms with Crippen molar-refractivity contribution < 1.29 is 19.0 Å². The lowest BCUT2D eigenvalue weighted by Gasteiger charge is -2.25. The number of nitrogens with one attached hydrogen (secondary N) is 1. The summed E-state index contributed by atoms with van der Waals surface area (Å²) in [6, 6.07) is 9.60. The van der Waals surface area contributed by atoms with E-state index in [9.17, 15) is 4.79 Å². The predicted molar refractivity (Wildman–Crippen MR) is 103 cm³/mol. The molecule has 3 rings (SSSR count). The molecule has 0 unspecified atom stereocenters. The van der Waals surface area contributed by atoms with Crippen LogP contribution in [0.1, 0.15) is 23.9 Å². The van der Waals surface area contributed by atoms with E-state index in [-0.39, 0.29) is 18.4 Å². The van der Waals surface area contributed by atoms with Crippen LogP contribution in [0.3, 0.4) is 0 Å². The second-order valence-electron chi connectivity index (χ2n) is 6.70. The van der Waals surface area contributed by atoms with Crippen LogP contribution in [0.4, 0.5) is 0 Å². The molecule has 0 radical (unpaired) electrons. The Labute approximate surface area is 159 Å². The van der Waals surface area contributed by atoms with E-state index in [4.69, 9.17) is 14.2 Å². The van der Waals surface area contributed by atoms with Gasteiger partial charge in [-0.3, -0.25) is 9.78 Å². The predicted octanol–water partition coefficient (Wildman–Crippen LogP) is 2.71. The average molecular weight is 370 g/mol. The molecule has 0 aliphatic carbocycles. The molecule has 1 amide bonds. The van der Waals surface area contributed by atoms with Crippen LogP contribution < -0.4 is 19.5 Å². The molecule has 1 aromatic carbocycles. The summed E-state index contributed by atoms with van der Waals surface area (Å²) in [5.74, 6) is 2.41. The SMILES string of the molecule is CCc1nc(C)ccc1OCC(=O)NC[C@@H]1COc2cc(OC)ccc2C1. The molecule has 144 valence electrons. The van der Waals surface area contributed by atoms with Crippen molar-refractivity contribution in [3.8, 4) is 17.2 Å². The Morgan fingerprint density at radius 3 is 2.96 bits per heavy atom. The summed E-state index contributed by atoms with van der Waals surface area (Å²) in [6.45, 7) is 5.07. The number of carbonyl (C=O) groups excluding carboxylic acids is 1. The second kappa shape index (κ2) is 8.75. The first-order chi connectivity index (χ1) is 13.1. The molecule has 2 aromatic rings. The fraction of sp³-hybridized carbons (Fsp3) is 0.429. The molecule has 1 N–H and O–H groups in total. The van der Waals surface area contributed by atoms with Crippen LogP contribution in [-0.2, 0) is 17.6 Å². The molecule has 0 spiro atoms. The zero-order valence-electron chi connectivity index (χ0n) is 16.1. The molecule has 1 aromatic heterocycles. The van der Waals surface area contributed by atoms with Crippen LogP contribution in [0, 0.1) is 12.8 Å². The van der Waals surface area contributed by atoms with E-state index in [2.05, 4.69) is 10.3 Å². The first-order valence-electron chi connectivity index (χ1n) is 9.24. The van der Waals surface area contributed by atoms with E-state index in [0.717, 1.165) is 41.3 Å². The Bertz CT molecular complexity index is 807. The van der Waals surface area contributed by atoms with Gasteiger partial charge in [-0.2, -0.15) is 0 Å². The van der Waals surface area contributed by atoms with Crippen LogP contribution in [-0.4, -0.2) is 37.8 Å². The summed E-state index contributed by atoms with van der Waals surface area (Å²) >= 11 is 0. The number of carbonyl (C=O) groups is 1. The minimum Gasteiger partial charge on any atom is -0.497 e. The van der Waals surface area contributed by atoms with Gasteiger partial charge in [0.15, 0.2) is 6.61 Å². The van der Waals surface area contributed by atoms with Gasteiger partial charge >= 0.3 is 0 Å². The Balaban J connectivity index is 1.47. The number of ether oxygens (including phenoxy) is 3. The number of hydrogen-bond donors (Lipinski definition) is 1. The number of hydrogen-bond acceptors (Lipinski definition) is 5. The molecule has 6 nitrogen and oxygen atoms in total. The molecule has 1 aliphatic heterocycles. The monoisotopic (exact) mass is 370 g/mol. The Morgan fingerprint density at radius 2 is 2.19 bits per heavy atom. The Morgan fingerprint density at radius 1 is 1.33 bits per heavy atom. The largest absolute Gasteiger partial charge is 0.497 e. The van der Waals surface area contributed by atoms with Gasteiger partial charge in [-0.05, 0) is 43.5 Å². The Hall–Kier alpha value is -2.76. The number of methoxy groups -OCH3 is 1. The molecule has 0 saturated heterocycles. The van der Waals surface area contributed by atoms with Crippen molar-refractivity contribution in [2.45, 2.75) is 26.7 Å². The van der Waals surface area contributed by atoms with E-state index in [0.29, 0.717) is 18.9 Å². The third-order valence-corrected chi connectivity index (χ3v) is 4.61. The molecule has 2 heterocycles. The molecule has 6 heteroatoms. The molecule has 0 saturated carbocycles. The van der Waals surface area contributed by atoms with Gasteiger partial charge in [-0.25, -0.2) is 0 Å². The van der Waals surface area contributed by atoms with E-state index in [1.807, 2.05) is 44.2 Å². The summed E-state index contributed by atoms with van der Waals surface area (Å²) in [6.07, 6.45) is 1.63. The number of amides is 1. The number of nitrogens with zero attached hydrogens (tertiary/aromatic N) is 1. The quantitative estimate of drug-likeness (QED) is 0.812. The standard InChI is InChI=1S/C21H26N2O4/c1-4-18-19(8-5-14(2)23-18)27-13-21(24)22-11-15-9-16-6-7-17(25-3)10-20(16)26-12-15/h5-8,10,15H,4,9,11-13H2,1-3H3,(H,22,24)/t15-/m1/s1. The highest BCUT2D eigenvalue weighted by Crippen LogP contribution is 2.30. The maximum Gasteiger partial charge on any atom is 0.257 e. The van der Waals surface area contributed by atoms with Crippen LogP contribution in [0.5, 0.6) is 17.2 Å². The lowest BCUT2D eigenvalue weighted by Crippen LogP contribution is -2.37. The van der Waals surface area contributed by atoms with Gasteiger partial charge in [0.1, 0.15) is 17.2 Å². The highest BCUT2D eigenvalue weighted by atomic mass is 16.5. The highest BCUT2D eigenvalue weighted by Gasteiger charge is 2.21. The number of aryl methyl sites for hydroxylation is 2. The summed E-state index contributed by atoms with van der Waals surface area (Å²) in [5.41, 5.74) is 2.95. The number of rotatable bonds is 7. The second-order valence-corrected chi connectivity index (χ2v) is 6.70. The molecule has 1 atom stereocenters. The van der Waals surface area contributed by atoms with Crippen molar-refractivity contribution in [3.63, 3.8) is 0 Å². The summed E-state index contributed by atoms with van der Waals surface area (Å²) in [4.78, 5) is 16.6. The minimum absolute atomic E-state index is 0.0148. The zero-order chi connectivity index (χ0) is 19.2. The topological polar surface area (TPSA) is 69.7 Å².